The molecule has 1 aliphatic heterocycles. The summed E-state index contributed by atoms with van der Waals surface area (Å²) in [7, 11) is 0. The number of nitrogens with one attached hydrogen (secondary N) is 1. The number of benzene rings is 3. The lowest BCUT2D eigenvalue weighted by Crippen LogP contribution is -2.46. The maximum absolute atomic E-state index is 12.8. The predicted octanol–water partition coefficient (Wildman–Crippen LogP) is 5.76. The Morgan fingerprint density at radius 2 is 1.67 bits per heavy atom. The number of carbonyl (C=O) groups excluding carboxylic acids is 1. The molecule has 0 bridgehead atoms. The van der Waals surface area contributed by atoms with Gasteiger partial charge in [0.2, 0.25) is 0 Å². The van der Waals surface area contributed by atoms with E-state index < -0.39 is 0 Å². The second-order valence-corrected chi connectivity index (χ2v) is 10.2. The van der Waals surface area contributed by atoms with Gasteiger partial charge in [-0.3, -0.25) is 4.79 Å². The third kappa shape index (κ3) is 6.13. The Kier molecular flexibility index (Phi) is 7.96. The number of amides is 1. The third-order valence-electron chi connectivity index (χ3n) is 6.39. The van der Waals surface area contributed by atoms with Gasteiger partial charge >= 0.3 is 0 Å². The first-order chi connectivity index (χ1) is 17.7. The lowest BCUT2D eigenvalue weighted by molar-refractivity contribution is 0.0736. The molecule has 1 aromatic heterocycles. The smallest absolute Gasteiger partial charge is 0.253 e. The molecule has 5 rings (SSSR count). The minimum atomic E-state index is 0.108. The van der Waals surface area contributed by atoms with Crippen LogP contribution in [0.4, 0.5) is 5.13 Å². The maximum atomic E-state index is 12.8. The number of halogens is 1. The Morgan fingerprint density at radius 1 is 0.944 bits per heavy atom. The highest BCUT2D eigenvalue weighted by atomic mass is 35.5. The summed E-state index contributed by atoms with van der Waals surface area (Å²) in [6.07, 6.45) is 0.927. The summed E-state index contributed by atoms with van der Waals surface area (Å²) >= 11 is 7.72. The third-order valence-corrected chi connectivity index (χ3v) is 7.55. The van der Waals surface area contributed by atoms with E-state index in [0.717, 1.165) is 78.2 Å². The molecule has 2 heterocycles. The normalized spacial score (nSPS) is 13.5. The number of carbonyl (C=O) groups is 1. The van der Waals surface area contributed by atoms with Crippen molar-refractivity contribution in [3.8, 4) is 11.3 Å². The van der Waals surface area contributed by atoms with E-state index >= 15 is 0 Å². The van der Waals surface area contributed by atoms with E-state index in [9.17, 15) is 4.79 Å². The summed E-state index contributed by atoms with van der Waals surface area (Å²) in [6, 6.07) is 26.4. The van der Waals surface area contributed by atoms with Crippen molar-refractivity contribution in [2.45, 2.75) is 13.0 Å². The zero-order chi connectivity index (χ0) is 24.7. The molecule has 1 aliphatic rings. The van der Waals surface area contributed by atoms with Crippen molar-refractivity contribution in [1.29, 1.82) is 0 Å². The van der Waals surface area contributed by atoms with Gasteiger partial charge in [0.05, 0.1) is 5.69 Å². The molecule has 3 aromatic carbocycles. The highest BCUT2D eigenvalue weighted by Crippen LogP contribution is 2.29. The van der Waals surface area contributed by atoms with Crippen LogP contribution in [0.5, 0.6) is 0 Å². The molecule has 5 nitrogen and oxygen atoms in total. The molecule has 1 saturated heterocycles. The Bertz CT molecular complexity index is 1270. The van der Waals surface area contributed by atoms with Crippen LogP contribution in [0.1, 0.15) is 21.5 Å². The molecule has 0 atom stereocenters. The van der Waals surface area contributed by atoms with Crippen LogP contribution >= 0.6 is 22.9 Å². The molecular weight excluding hydrogens is 488 g/mol. The zero-order valence-corrected chi connectivity index (χ0v) is 21.6. The molecule has 4 aromatic rings. The van der Waals surface area contributed by atoms with Gasteiger partial charge < -0.3 is 15.1 Å². The van der Waals surface area contributed by atoms with Gasteiger partial charge in [-0.25, -0.2) is 4.98 Å². The van der Waals surface area contributed by atoms with Crippen molar-refractivity contribution >= 4 is 34.0 Å². The fraction of sp³-hybridized carbons (Fsp3) is 0.241. The van der Waals surface area contributed by atoms with Crippen LogP contribution in [-0.2, 0) is 13.0 Å². The van der Waals surface area contributed by atoms with Crippen LogP contribution in [0.25, 0.3) is 11.3 Å². The van der Waals surface area contributed by atoms with Crippen molar-refractivity contribution in [3.63, 3.8) is 0 Å². The minimum Gasteiger partial charge on any atom is -0.343 e. The fourth-order valence-corrected chi connectivity index (χ4v) is 5.33. The molecular formula is C29H29ClN4OS. The molecule has 0 radical (unpaired) electrons. The van der Waals surface area contributed by atoms with Crippen LogP contribution in [0, 0.1) is 0 Å². The lowest BCUT2D eigenvalue weighted by Gasteiger charge is -2.27. The topological polar surface area (TPSA) is 48.5 Å². The number of hydrogen-bond donors (Lipinski definition) is 1. The second-order valence-electron chi connectivity index (χ2n) is 8.92. The second kappa shape index (κ2) is 11.7. The number of thiazole rings is 1. The van der Waals surface area contributed by atoms with Crippen LogP contribution in [0.3, 0.4) is 0 Å². The molecule has 0 saturated carbocycles. The van der Waals surface area contributed by atoms with Crippen molar-refractivity contribution in [2.24, 2.45) is 0 Å². The number of nitrogens with zero attached hydrogens (tertiary/aromatic N) is 3. The average Bonchev–Trinajstić information content (AvgIpc) is 3.43. The van der Waals surface area contributed by atoms with Gasteiger partial charge in [-0.1, -0.05) is 66.2 Å². The van der Waals surface area contributed by atoms with Crippen LogP contribution in [-0.4, -0.2) is 48.5 Å². The number of anilines is 1. The summed E-state index contributed by atoms with van der Waals surface area (Å²) < 4.78 is 0. The lowest BCUT2D eigenvalue weighted by atomic mass is 10.1. The molecule has 7 heteroatoms. The number of rotatable bonds is 8. The first kappa shape index (κ1) is 24.5. The molecule has 184 valence electrons. The summed E-state index contributed by atoms with van der Waals surface area (Å²) in [5, 5.41) is 7.10. The molecule has 0 aliphatic carbocycles. The van der Waals surface area contributed by atoms with Gasteiger partial charge in [-0.05, 0) is 41.8 Å². The van der Waals surface area contributed by atoms with Gasteiger partial charge in [0.1, 0.15) is 0 Å². The van der Waals surface area contributed by atoms with E-state index in [1.165, 1.54) is 5.56 Å². The monoisotopic (exact) mass is 516 g/mol. The largest absolute Gasteiger partial charge is 0.343 e. The Balaban J connectivity index is 1.33. The van der Waals surface area contributed by atoms with Crippen molar-refractivity contribution in [2.75, 3.05) is 37.6 Å². The average molecular weight is 517 g/mol. The summed E-state index contributed by atoms with van der Waals surface area (Å²) in [5.74, 6) is 0.108. The highest BCUT2D eigenvalue weighted by Gasteiger charge is 2.18. The molecule has 0 unspecified atom stereocenters. The molecule has 1 amide bonds. The van der Waals surface area contributed by atoms with Gasteiger partial charge in [-0.2, -0.15) is 0 Å². The number of aromatic nitrogens is 1. The van der Waals surface area contributed by atoms with E-state index in [4.69, 9.17) is 16.6 Å². The molecule has 0 spiro atoms. The Labute approximate surface area is 221 Å². The van der Waals surface area contributed by atoms with E-state index in [-0.39, 0.29) is 5.91 Å². The molecule has 1 N–H and O–H groups in total. The minimum absolute atomic E-state index is 0.108. The predicted molar refractivity (Wildman–Crippen MR) is 149 cm³/mol. The Morgan fingerprint density at radius 3 is 2.39 bits per heavy atom. The van der Waals surface area contributed by atoms with Crippen LogP contribution in [0.15, 0.2) is 84.2 Å². The summed E-state index contributed by atoms with van der Waals surface area (Å²) in [4.78, 5) is 22.1. The van der Waals surface area contributed by atoms with Gasteiger partial charge in [0.15, 0.2) is 5.13 Å². The number of piperazine rings is 1. The van der Waals surface area contributed by atoms with Crippen LogP contribution in [0.2, 0.25) is 5.02 Å². The van der Waals surface area contributed by atoms with Crippen molar-refractivity contribution in [1.82, 2.24) is 15.2 Å². The van der Waals surface area contributed by atoms with Crippen LogP contribution < -0.4 is 10.2 Å². The highest BCUT2D eigenvalue weighted by molar-refractivity contribution is 7.14. The van der Waals surface area contributed by atoms with Crippen molar-refractivity contribution < 1.29 is 4.79 Å². The van der Waals surface area contributed by atoms with E-state index in [2.05, 4.69) is 52.0 Å². The van der Waals surface area contributed by atoms with Gasteiger partial charge in [0.25, 0.3) is 5.91 Å². The first-order valence-electron chi connectivity index (χ1n) is 12.2. The van der Waals surface area contributed by atoms with Gasteiger partial charge in [0, 0.05) is 60.8 Å². The number of hydrogen-bond acceptors (Lipinski definition) is 5. The molecule has 1 fully saturated rings. The fourth-order valence-electron chi connectivity index (χ4n) is 4.34. The zero-order valence-electron chi connectivity index (χ0n) is 20.1. The molecule has 36 heavy (non-hydrogen) atoms. The van der Waals surface area contributed by atoms with Crippen molar-refractivity contribution in [3.05, 3.63) is 106 Å². The first-order valence-corrected chi connectivity index (χ1v) is 13.5. The quantitative estimate of drug-likeness (QED) is 0.323. The summed E-state index contributed by atoms with van der Waals surface area (Å²) in [6.45, 7) is 4.79. The summed E-state index contributed by atoms with van der Waals surface area (Å²) in [5.41, 5.74) is 5.21. The van der Waals surface area contributed by atoms with E-state index in [1.807, 2.05) is 47.4 Å². The van der Waals surface area contributed by atoms with Gasteiger partial charge in [-0.15, -0.1) is 11.3 Å². The Hall–Kier alpha value is -3.19. The SMILES string of the molecule is O=C(c1ccc(CN(CCc2ccccc2)c2nc(-c3ccc(Cl)cc3)cs2)cc1)N1CCNCC1. The van der Waals surface area contributed by atoms with E-state index in [0.29, 0.717) is 0 Å². The maximum Gasteiger partial charge on any atom is 0.253 e. The van der Waals surface area contributed by atoms with E-state index in [1.54, 1.807) is 11.3 Å². The standard InChI is InChI=1S/C29H29ClN4OS/c30-26-12-10-24(11-13-26)27-21-36-29(32-27)34(17-14-22-4-2-1-3-5-22)20-23-6-8-25(9-7-23)28(35)33-18-15-31-16-19-33/h1-13,21,31H,14-20H2.